The van der Waals surface area contributed by atoms with E-state index in [2.05, 4.69) is 10.3 Å². The number of hydrogen-bond donors (Lipinski definition) is 3. The van der Waals surface area contributed by atoms with Crippen molar-refractivity contribution in [2.24, 2.45) is 5.73 Å². The third-order valence-corrected chi connectivity index (χ3v) is 5.27. The van der Waals surface area contributed by atoms with Gasteiger partial charge in [-0.2, -0.15) is 0 Å². The Morgan fingerprint density at radius 1 is 1.33 bits per heavy atom. The summed E-state index contributed by atoms with van der Waals surface area (Å²) in [4.78, 5) is 28.0. The largest absolute Gasteiger partial charge is 0.453 e. The van der Waals surface area contributed by atoms with Crippen LogP contribution < -0.4 is 11.1 Å². The van der Waals surface area contributed by atoms with Crippen LogP contribution in [-0.2, 0) is 20.7 Å². The molecule has 1 aromatic heterocycles. The summed E-state index contributed by atoms with van der Waals surface area (Å²) >= 11 is 1.41. The van der Waals surface area contributed by atoms with Gasteiger partial charge in [0.05, 0.1) is 12.5 Å². The molecule has 0 spiro atoms. The highest BCUT2D eigenvalue weighted by Crippen LogP contribution is 2.31. The Morgan fingerprint density at radius 2 is 2.11 bits per heavy atom. The van der Waals surface area contributed by atoms with Gasteiger partial charge in [-0.1, -0.05) is 24.3 Å². The second-order valence-corrected chi connectivity index (χ2v) is 7.40. The van der Waals surface area contributed by atoms with E-state index in [1.165, 1.54) is 11.3 Å². The number of rotatable bonds is 8. The van der Waals surface area contributed by atoms with Gasteiger partial charge in [-0.25, -0.2) is 4.98 Å². The molecule has 0 aliphatic carbocycles. The molecular formula is C19H22N4O3S. The summed E-state index contributed by atoms with van der Waals surface area (Å²) in [6.45, 7) is 0. The molecule has 1 saturated heterocycles. The molecule has 0 radical (unpaired) electrons. The summed E-state index contributed by atoms with van der Waals surface area (Å²) in [5, 5.41) is 12.8. The molecule has 0 saturated carbocycles. The predicted molar refractivity (Wildman–Crippen MR) is 103 cm³/mol. The Hall–Kier alpha value is -2.74. The lowest BCUT2D eigenvalue weighted by Gasteiger charge is -2.16. The maximum Gasteiger partial charge on any atom is 0.308 e. The molecule has 2 heterocycles. The molecule has 2 atom stereocenters. The van der Waals surface area contributed by atoms with Crippen molar-refractivity contribution >= 4 is 29.0 Å². The van der Waals surface area contributed by atoms with Crippen LogP contribution in [0.15, 0.2) is 35.8 Å². The fraction of sp³-hybridized carbons (Fsp3) is 0.368. The van der Waals surface area contributed by atoms with Crippen LogP contribution in [0.1, 0.15) is 47.9 Å². The second kappa shape index (κ2) is 8.77. The van der Waals surface area contributed by atoms with Crippen LogP contribution in [0.3, 0.4) is 0 Å². The van der Waals surface area contributed by atoms with E-state index in [9.17, 15) is 9.59 Å². The van der Waals surface area contributed by atoms with Crippen LogP contribution in [0.5, 0.6) is 0 Å². The number of benzene rings is 1. The number of hydrogen-bond acceptors (Lipinski definition) is 6. The molecule has 2 aromatic rings. The zero-order valence-electron chi connectivity index (χ0n) is 14.8. The van der Waals surface area contributed by atoms with Crippen molar-refractivity contribution in [1.82, 2.24) is 10.3 Å². The fourth-order valence-corrected chi connectivity index (χ4v) is 3.76. The number of nitrogen functional groups attached to an aromatic ring is 1. The van der Waals surface area contributed by atoms with Gasteiger partial charge in [0.1, 0.15) is 10.8 Å². The van der Waals surface area contributed by atoms with Crippen molar-refractivity contribution < 1.29 is 14.3 Å². The first-order valence-corrected chi connectivity index (χ1v) is 9.72. The smallest absolute Gasteiger partial charge is 0.308 e. The Balaban J connectivity index is 1.41. The molecule has 1 aliphatic heterocycles. The van der Waals surface area contributed by atoms with Crippen LogP contribution in [0.4, 0.5) is 0 Å². The van der Waals surface area contributed by atoms with Gasteiger partial charge < -0.3 is 15.8 Å². The minimum Gasteiger partial charge on any atom is -0.453 e. The summed E-state index contributed by atoms with van der Waals surface area (Å²) < 4.78 is 5.30. The number of nitrogens with two attached hydrogens (primary N) is 1. The Bertz CT molecular complexity index is 805. The number of amidine groups is 1. The molecule has 8 heteroatoms. The molecule has 4 N–H and O–H groups in total. The number of ether oxygens (including phenoxy) is 1. The topological polar surface area (TPSA) is 118 Å². The van der Waals surface area contributed by atoms with E-state index in [1.807, 2.05) is 29.6 Å². The average molecular weight is 386 g/mol. The number of esters is 1. The SMILES string of the molecule is N=C(N)c1ccc(CCCCC(=O)N[C@H]2CC(=O)O[C@@H]2c2nccs2)cc1. The van der Waals surface area contributed by atoms with Gasteiger partial charge in [0.15, 0.2) is 6.10 Å². The van der Waals surface area contributed by atoms with E-state index in [-0.39, 0.29) is 30.2 Å². The Labute approximate surface area is 161 Å². The summed E-state index contributed by atoms with van der Waals surface area (Å²) in [6.07, 6.45) is 4.25. The first kappa shape index (κ1) is 19.0. The number of cyclic esters (lactones) is 1. The van der Waals surface area contributed by atoms with Crippen LogP contribution in [-0.4, -0.2) is 28.7 Å². The Kier molecular flexibility index (Phi) is 6.18. The monoisotopic (exact) mass is 386 g/mol. The molecule has 1 aliphatic rings. The number of nitrogens with zero attached hydrogens (tertiary/aromatic N) is 1. The highest BCUT2D eigenvalue weighted by atomic mass is 32.1. The van der Waals surface area contributed by atoms with Gasteiger partial charge in [-0.3, -0.25) is 15.0 Å². The van der Waals surface area contributed by atoms with Gasteiger partial charge in [-0.15, -0.1) is 11.3 Å². The first-order chi connectivity index (χ1) is 13.0. The molecular weight excluding hydrogens is 364 g/mol. The van der Waals surface area contributed by atoms with Crippen molar-refractivity contribution in [2.75, 3.05) is 0 Å². The van der Waals surface area contributed by atoms with Gasteiger partial charge in [0.2, 0.25) is 5.91 Å². The van der Waals surface area contributed by atoms with Gasteiger partial charge in [0, 0.05) is 23.6 Å². The number of aromatic nitrogens is 1. The molecule has 1 aromatic carbocycles. The number of carbonyl (C=O) groups excluding carboxylic acids is 2. The summed E-state index contributed by atoms with van der Waals surface area (Å²) in [6, 6.07) is 7.23. The quantitative estimate of drug-likeness (QED) is 0.278. The van der Waals surface area contributed by atoms with Crippen LogP contribution in [0.25, 0.3) is 0 Å². The van der Waals surface area contributed by atoms with Crippen LogP contribution in [0.2, 0.25) is 0 Å². The van der Waals surface area contributed by atoms with E-state index >= 15 is 0 Å². The number of unbranched alkanes of at least 4 members (excludes halogenated alkanes) is 1. The third-order valence-electron chi connectivity index (χ3n) is 4.44. The number of aryl methyl sites for hydroxylation is 1. The van der Waals surface area contributed by atoms with Gasteiger partial charge in [0.25, 0.3) is 0 Å². The number of thiazole rings is 1. The van der Waals surface area contributed by atoms with E-state index in [0.717, 1.165) is 24.8 Å². The van der Waals surface area contributed by atoms with Crippen molar-refractivity contribution in [3.05, 3.63) is 52.0 Å². The van der Waals surface area contributed by atoms with Crippen LogP contribution in [0, 0.1) is 5.41 Å². The number of amides is 1. The molecule has 1 fully saturated rings. The zero-order valence-corrected chi connectivity index (χ0v) is 15.6. The maximum atomic E-state index is 12.2. The molecule has 3 rings (SSSR count). The summed E-state index contributed by atoms with van der Waals surface area (Å²) in [5.41, 5.74) is 7.30. The second-order valence-electron chi connectivity index (χ2n) is 6.48. The van der Waals surface area contributed by atoms with E-state index in [4.69, 9.17) is 15.9 Å². The lowest BCUT2D eigenvalue weighted by Crippen LogP contribution is -2.36. The fourth-order valence-electron chi connectivity index (χ4n) is 3.03. The highest BCUT2D eigenvalue weighted by molar-refractivity contribution is 7.09. The van der Waals surface area contributed by atoms with E-state index in [0.29, 0.717) is 17.0 Å². The maximum absolute atomic E-state index is 12.2. The van der Waals surface area contributed by atoms with E-state index < -0.39 is 6.10 Å². The third kappa shape index (κ3) is 5.13. The predicted octanol–water partition coefficient (Wildman–Crippen LogP) is 2.31. The molecule has 0 bridgehead atoms. The lowest BCUT2D eigenvalue weighted by atomic mass is 10.0. The average Bonchev–Trinajstić information content (AvgIpc) is 3.28. The molecule has 27 heavy (non-hydrogen) atoms. The molecule has 142 valence electrons. The molecule has 7 nitrogen and oxygen atoms in total. The highest BCUT2D eigenvalue weighted by Gasteiger charge is 2.38. The standard InChI is InChI=1S/C19H22N4O3S/c20-18(21)13-7-5-12(6-8-13)3-1-2-4-15(24)23-14-11-16(25)26-17(14)19-22-9-10-27-19/h5-10,14,17H,1-4,11H2,(H3,20,21)(H,23,24)/t14-,17-/m0/s1. The van der Waals surface area contributed by atoms with Gasteiger partial charge >= 0.3 is 5.97 Å². The molecule has 0 unspecified atom stereocenters. The number of nitrogens with one attached hydrogen (secondary N) is 2. The van der Waals surface area contributed by atoms with Crippen molar-refractivity contribution in [2.45, 2.75) is 44.2 Å². The Morgan fingerprint density at radius 3 is 2.78 bits per heavy atom. The van der Waals surface area contributed by atoms with E-state index in [1.54, 1.807) is 6.20 Å². The molecule has 1 amide bonds. The minimum atomic E-state index is -0.485. The number of carbonyl (C=O) groups is 2. The first-order valence-electron chi connectivity index (χ1n) is 8.84. The van der Waals surface area contributed by atoms with Gasteiger partial charge in [-0.05, 0) is 24.8 Å². The van der Waals surface area contributed by atoms with Crippen molar-refractivity contribution in [1.29, 1.82) is 5.41 Å². The lowest BCUT2D eigenvalue weighted by molar-refractivity contribution is -0.141. The summed E-state index contributed by atoms with van der Waals surface area (Å²) in [7, 11) is 0. The van der Waals surface area contributed by atoms with Crippen molar-refractivity contribution in [3.63, 3.8) is 0 Å². The normalized spacial score (nSPS) is 18.9. The minimum absolute atomic E-state index is 0.0589. The summed E-state index contributed by atoms with van der Waals surface area (Å²) in [5.74, 6) is -0.329. The van der Waals surface area contributed by atoms with Crippen LogP contribution >= 0.6 is 11.3 Å². The zero-order chi connectivity index (χ0) is 19.2. The van der Waals surface area contributed by atoms with Crippen molar-refractivity contribution in [3.8, 4) is 0 Å².